The SMILES string of the molecule is [c]1cnn(C2CC(N3CCOCC3)C2)c1. The zero-order chi connectivity index (χ0) is 10.1. The van der Waals surface area contributed by atoms with Gasteiger partial charge < -0.3 is 4.74 Å². The zero-order valence-electron chi connectivity index (χ0n) is 8.80. The molecule has 0 atom stereocenters. The Morgan fingerprint density at radius 2 is 2.00 bits per heavy atom. The Bertz CT molecular complexity index is 300. The smallest absolute Gasteiger partial charge is 0.0594 e. The molecule has 0 bridgehead atoms. The molecule has 2 fully saturated rings. The third-order valence-corrected chi connectivity index (χ3v) is 3.50. The van der Waals surface area contributed by atoms with Gasteiger partial charge in [-0.25, -0.2) is 0 Å². The van der Waals surface area contributed by atoms with Crippen LogP contribution in [0.4, 0.5) is 0 Å². The van der Waals surface area contributed by atoms with Gasteiger partial charge in [0.25, 0.3) is 0 Å². The summed E-state index contributed by atoms with van der Waals surface area (Å²) in [6.45, 7) is 4.00. The first-order valence-corrected chi connectivity index (χ1v) is 5.65. The maximum Gasteiger partial charge on any atom is 0.0594 e. The topological polar surface area (TPSA) is 30.3 Å². The van der Waals surface area contributed by atoms with Crippen LogP contribution in [0.1, 0.15) is 18.9 Å². The van der Waals surface area contributed by atoms with Crippen LogP contribution >= 0.6 is 0 Å². The summed E-state index contributed by atoms with van der Waals surface area (Å²) < 4.78 is 7.39. The molecule has 1 saturated heterocycles. The molecule has 0 N–H and O–H groups in total. The molecule has 15 heavy (non-hydrogen) atoms. The molecule has 81 valence electrons. The molecule has 0 amide bonds. The van der Waals surface area contributed by atoms with Crippen molar-refractivity contribution in [3.05, 3.63) is 18.5 Å². The second kappa shape index (κ2) is 3.94. The molecule has 1 aliphatic carbocycles. The molecule has 2 heterocycles. The van der Waals surface area contributed by atoms with Crippen LogP contribution in [0.15, 0.2) is 12.4 Å². The normalized spacial score (nSPS) is 32.5. The van der Waals surface area contributed by atoms with Crippen LogP contribution in [0, 0.1) is 6.07 Å². The predicted octanol–water partition coefficient (Wildman–Crippen LogP) is 0.719. The van der Waals surface area contributed by atoms with E-state index in [0.717, 1.165) is 32.3 Å². The first kappa shape index (κ1) is 9.36. The van der Waals surface area contributed by atoms with Gasteiger partial charge in [0.1, 0.15) is 0 Å². The molecular weight excluding hydrogens is 190 g/mol. The summed E-state index contributed by atoms with van der Waals surface area (Å²) in [4.78, 5) is 2.55. The van der Waals surface area contributed by atoms with Crippen molar-refractivity contribution in [1.29, 1.82) is 0 Å². The Kier molecular flexibility index (Phi) is 2.46. The fourth-order valence-corrected chi connectivity index (χ4v) is 2.46. The fourth-order valence-electron chi connectivity index (χ4n) is 2.46. The molecule has 0 spiro atoms. The van der Waals surface area contributed by atoms with Crippen molar-refractivity contribution in [1.82, 2.24) is 14.7 Å². The largest absolute Gasteiger partial charge is 0.379 e. The number of hydrogen-bond donors (Lipinski definition) is 0. The number of ether oxygens (including phenoxy) is 1. The molecule has 1 aromatic rings. The number of hydrogen-bond acceptors (Lipinski definition) is 3. The highest BCUT2D eigenvalue weighted by Crippen LogP contribution is 2.35. The average molecular weight is 206 g/mol. The highest BCUT2D eigenvalue weighted by molar-refractivity contribution is 4.93. The van der Waals surface area contributed by atoms with E-state index in [1.165, 1.54) is 12.8 Å². The molecule has 1 radical (unpaired) electrons. The Labute approximate surface area is 89.8 Å². The second-order valence-corrected chi connectivity index (χ2v) is 4.35. The molecule has 1 aromatic heterocycles. The van der Waals surface area contributed by atoms with Gasteiger partial charge in [-0.05, 0) is 12.8 Å². The number of aromatic nitrogens is 2. The minimum atomic E-state index is 0.601. The molecule has 2 aliphatic rings. The van der Waals surface area contributed by atoms with Crippen LogP contribution in [0.25, 0.3) is 0 Å². The zero-order valence-corrected chi connectivity index (χ0v) is 8.80. The van der Waals surface area contributed by atoms with Crippen molar-refractivity contribution in [3.8, 4) is 0 Å². The quantitative estimate of drug-likeness (QED) is 0.714. The summed E-state index contributed by atoms with van der Waals surface area (Å²) in [5, 5.41) is 4.24. The van der Waals surface area contributed by atoms with E-state index >= 15 is 0 Å². The fraction of sp³-hybridized carbons (Fsp3) is 0.727. The lowest BCUT2D eigenvalue weighted by molar-refractivity contribution is -0.0162. The van der Waals surface area contributed by atoms with Crippen molar-refractivity contribution >= 4 is 0 Å². The maximum atomic E-state index is 5.35. The van der Waals surface area contributed by atoms with E-state index < -0.39 is 0 Å². The summed E-state index contributed by atoms with van der Waals surface area (Å²) in [5.74, 6) is 0. The predicted molar refractivity (Wildman–Crippen MR) is 55.5 cm³/mol. The molecule has 3 rings (SSSR count). The highest BCUT2D eigenvalue weighted by atomic mass is 16.5. The van der Waals surface area contributed by atoms with E-state index in [9.17, 15) is 0 Å². The number of morpholine rings is 1. The van der Waals surface area contributed by atoms with Gasteiger partial charge in [0.2, 0.25) is 0 Å². The van der Waals surface area contributed by atoms with E-state index in [1.807, 2.05) is 10.9 Å². The van der Waals surface area contributed by atoms with Crippen LogP contribution < -0.4 is 0 Å². The summed E-state index contributed by atoms with van der Waals surface area (Å²) >= 11 is 0. The van der Waals surface area contributed by atoms with E-state index in [2.05, 4.69) is 16.1 Å². The van der Waals surface area contributed by atoms with Gasteiger partial charge in [0, 0.05) is 31.4 Å². The minimum absolute atomic E-state index is 0.601. The summed E-state index contributed by atoms with van der Waals surface area (Å²) in [5.41, 5.74) is 0. The van der Waals surface area contributed by atoms with Gasteiger partial charge in [0.05, 0.1) is 25.5 Å². The molecule has 4 heteroatoms. The van der Waals surface area contributed by atoms with Crippen molar-refractivity contribution in [2.75, 3.05) is 26.3 Å². The average Bonchev–Trinajstić information content (AvgIpc) is 2.70. The van der Waals surface area contributed by atoms with E-state index in [4.69, 9.17) is 4.74 Å². The van der Waals surface area contributed by atoms with Crippen molar-refractivity contribution in [2.24, 2.45) is 0 Å². The molecular formula is C11H16N3O. The lowest BCUT2D eigenvalue weighted by atomic mass is 9.85. The highest BCUT2D eigenvalue weighted by Gasteiger charge is 2.35. The van der Waals surface area contributed by atoms with E-state index in [0.29, 0.717) is 6.04 Å². The Morgan fingerprint density at radius 1 is 1.20 bits per heavy atom. The van der Waals surface area contributed by atoms with Crippen LogP contribution in [-0.2, 0) is 4.74 Å². The first-order chi connectivity index (χ1) is 7.43. The van der Waals surface area contributed by atoms with E-state index in [1.54, 1.807) is 6.20 Å². The third-order valence-electron chi connectivity index (χ3n) is 3.50. The molecule has 1 aliphatic heterocycles. The first-order valence-electron chi connectivity index (χ1n) is 5.65. The molecule has 0 unspecified atom stereocenters. The monoisotopic (exact) mass is 206 g/mol. The third kappa shape index (κ3) is 1.79. The van der Waals surface area contributed by atoms with Crippen molar-refractivity contribution in [3.63, 3.8) is 0 Å². The van der Waals surface area contributed by atoms with Gasteiger partial charge >= 0.3 is 0 Å². The number of rotatable bonds is 2. The Hall–Kier alpha value is -0.870. The van der Waals surface area contributed by atoms with Crippen molar-refractivity contribution in [2.45, 2.75) is 24.9 Å². The van der Waals surface area contributed by atoms with Crippen LogP contribution in [0.2, 0.25) is 0 Å². The Balaban J connectivity index is 1.53. The van der Waals surface area contributed by atoms with Gasteiger partial charge in [-0.15, -0.1) is 0 Å². The van der Waals surface area contributed by atoms with E-state index in [-0.39, 0.29) is 0 Å². The van der Waals surface area contributed by atoms with Gasteiger partial charge in [-0.2, -0.15) is 5.10 Å². The minimum Gasteiger partial charge on any atom is -0.379 e. The lowest BCUT2D eigenvalue weighted by Gasteiger charge is -2.44. The van der Waals surface area contributed by atoms with Crippen LogP contribution in [0.5, 0.6) is 0 Å². The van der Waals surface area contributed by atoms with Crippen LogP contribution in [-0.4, -0.2) is 47.0 Å². The standard InChI is InChI=1S/C11H16N3O/c1-2-12-14(3-1)11-8-10(9-11)13-4-6-15-7-5-13/h2-3,10-11H,4-9H2. The summed E-state index contributed by atoms with van der Waals surface area (Å²) in [6, 6.07) is 4.35. The summed E-state index contributed by atoms with van der Waals surface area (Å²) in [6.07, 6.45) is 6.15. The van der Waals surface area contributed by atoms with Gasteiger partial charge in [-0.1, -0.05) is 0 Å². The van der Waals surface area contributed by atoms with Gasteiger partial charge in [-0.3, -0.25) is 9.58 Å². The maximum absolute atomic E-state index is 5.35. The Morgan fingerprint density at radius 3 is 2.67 bits per heavy atom. The lowest BCUT2D eigenvalue weighted by Crippen LogP contribution is -2.50. The second-order valence-electron chi connectivity index (χ2n) is 4.35. The number of nitrogens with zero attached hydrogens (tertiary/aromatic N) is 3. The summed E-state index contributed by atoms with van der Waals surface area (Å²) in [7, 11) is 0. The molecule has 4 nitrogen and oxygen atoms in total. The van der Waals surface area contributed by atoms with Crippen LogP contribution in [0.3, 0.4) is 0 Å². The molecule has 0 aromatic carbocycles. The molecule has 1 saturated carbocycles. The van der Waals surface area contributed by atoms with Crippen molar-refractivity contribution < 1.29 is 4.74 Å². The van der Waals surface area contributed by atoms with Gasteiger partial charge in [0.15, 0.2) is 0 Å².